The van der Waals surface area contributed by atoms with E-state index in [2.05, 4.69) is 0 Å². The summed E-state index contributed by atoms with van der Waals surface area (Å²) in [6.07, 6.45) is 0. The second kappa shape index (κ2) is 4.77. The number of rotatable bonds is 2. The van der Waals surface area contributed by atoms with E-state index in [1.807, 2.05) is 37.3 Å². The molecule has 1 amide bonds. The average molecular weight is 284 g/mol. The van der Waals surface area contributed by atoms with E-state index in [-0.39, 0.29) is 23.4 Å². The van der Waals surface area contributed by atoms with Gasteiger partial charge in [-0.05, 0) is 12.5 Å². The first-order valence-electron chi connectivity index (χ1n) is 6.78. The number of aromatic hydroxyl groups is 1. The molecule has 21 heavy (non-hydrogen) atoms. The summed E-state index contributed by atoms with van der Waals surface area (Å²) in [5, 5.41) is 10.2. The van der Waals surface area contributed by atoms with E-state index in [1.165, 1.54) is 13.1 Å². The standard InChI is InChI=1S/C16H16N2O3/c1-10-14-12(8-13(19)17(2)16(14)21)15(20)18(10)9-11-6-4-3-5-7-11/h3-8,10,21H,9H2,1-2H3/t10-/m1/s1. The van der Waals surface area contributed by atoms with Crippen LogP contribution in [0.3, 0.4) is 0 Å². The molecule has 108 valence electrons. The highest BCUT2D eigenvalue weighted by Gasteiger charge is 2.37. The van der Waals surface area contributed by atoms with Gasteiger partial charge in [-0.15, -0.1) is 0 Å². The van der Waals surface area contributed by atoms with E-state index >= 15 is 0 Å². The summed E-state index contributed by atoms with van der Waals surface area (Å²) in [5.74, 6) is -0.344. The molecule has 0 bridgehead atoms. The Bertz CT molecular complexity index is 765. The molecule has 0 aliphatic carbocycles. The topological polar surface area (TPSA) is 62.5 Å². The third kappa shape index (κ3) is 2.01. The van der Waals surface area contributed by atoms with Crippen molar-refractivity contribution in [3.8, 4) is 5.88 Å². The molecule has 2 aromatic rings. The molecule has 0 spiro atoms. The van der Waals surface area contributed by atoms with Crippen molar-refractivity contribution in [1.29, 1.82) is 0 Å². The number of nitrogens with zero attached hydrogens (tertiary/aromatic N) is 2. The second-order valence-electron chi connectivity index (χ2n) is 5.29. The SMILES string of the molecule is C[C@@H]1c2c(cc(=O)n(C)c2O)C(=O)N1Cc1ccccc1. The summed E-state index contributed by atoms with van der Waals surface area (Å²) in [6, 6.07) is 10.7. The van der Waals surface area contributed by atoms with Crippen molar-refractivity contribution in [3.63, 3.8) is 0 Å². The van der Waals surface area contributed by atoms with Gasteiger partial charge in [-0.1, -0.05) is 30.3 Å². The summed E-state index contributed by atoms with van der Waals surface area (Å²) < 4.78 is 1.16. The van der Waals surface area contributed by atoms with E-state index in [1.54, 1.807) is 4.90 Å². The zero-order valence-corrected chi connectivity index (χ0v) is 11.9. The van der Waals surface area contributed by atoms with Crippen LogP contribution in [0.4, 0.5) is 0 Å². The molecule has 0 unspecified atom stereocenters. The minimum Gasteiger partial charge on any atom is -0.494 e. The normalized spacial score (nSPS) is 17.1. The van der Waals surface area contributed by atoms with Gasteiger partial charge >= 0.3 is 0 Å². The van der Waals surface area contributed by atoms with E-state index in [0.29, 0.717) is 17.7 Å². The molecule has 0 fully saturated rings. The van der Waals surface area contributed by atoms with Crippen molar-refractivity contribution < 1.29 is 9.90 Å². The number of carbonyl (C=O) groups is 1. The van der Waals surface area contributed by atoms with Gasteiger partial charge in [0, 0.05) is 25.2 Å². The first-order chi connectivity index (χ1) is 10.0. The Labute approximate surface area is 122 Å². The Morgan fingerprint density at radius 3 is 2.52 bits per heavy atom. The molecule has 3 rings (SSSR count). The Morgan fingerprint density at radius 2 is 1.86 bits per heavy atom. The molecule has 1 N–H and O–H groups in total. The van der Waals surface area contributed by atoms with Gasteiger partial charge in [-0.25, -0.2) is 0 Å². The van der Waals surface area contributed by atoms with Crippen LogP contribution in [0, 0.1) is 0 Å². The van der Waals surface area contributed by atoms with Crippen LogP contribution in [0.25, 0.3) is 0 Å². The molecule has 1 aliphatic heterocycles. The van der Waals surface area contributed by atoms with E-state index in [4.69, 9.17) is 0 Å². The summed E-state index contributed by atoms with van der Waals surface area (Å²) in [7, 11) is 1.50. The average Bonchev–Trinajstić information content (AvgIpc) is 2.71. The molecule has 0 radical (unpaired) electrons. The molecule has 1 atom stereocenters. The summed E-state index contributed by atoms with van der Waals surface area (Å²) in [5.41, 5.74) is 1.46. The monoisotopic (exact) mass is 284 g/mol. The second-order valence-corrected chi connectivity index (χ2v) is 5.29. The highest BCUT2D eigenvalue weighted by atomic mass is 16.3. The Hall–Kier alpha value is -2.56. The minimum absolute atomic E-state index is 0.131. The highest BCUT2D eigenvalue weighted by molar-refractivity contribution is 5.99. The number of hydrogen-bond acceptors (Lipinski definition) is 3. The number of hydrogen-bond donors (Lipinski definition) is 1. The molecule has 1 aliphatic rings. The number of pyridine rings is 1. The fraction of sp³-hybridized carbons (Fsp3) is 0.250. The highest BCUT2D eigenvalue weighted by Crippen LogP contribution is 2.38. The predicted molar refractivity (Wildman–Crippen MR) is 78.1 cm³/mol. The third-order valence-corrected chi connectivity index (χ3v) is 4.02. The van der Waals surface area contributed by atoms with Gasteiger partial charge in [0.1, 0.15) is 0 Å². The van der Waals surface area contributed by atoms with Crippen molar-refractivity contribution in [2.75, 3.05) is 0 Å². The molecule has 5 heteroatoms. The van der Waals surface area contributed by atoms with Gasteiger partial charge in [0.2, 0.25) is 0 Å². The maximum Gasteiger partial charge on any atom is 0.255 e. The lowest BCUT2D eigenvalue weighted by Crippen LogP contribution is -2.26. The minimum atomic E-state index is -0.381. The summed E-state index contributed by atoms with van der Waals surface area (Å²) >= 11 is 0. The fourth-order valence-electron chi connectivity index (χ4n) is 2.77. The van der Waals surface area contributed by atoms with Gasteiger partial charge in [0.05, 0.1) is 11.6 Å². The lowest BCUT2D eigenvalue weighted by molar-refractivity contribution is 0.0722. The quantitative estimate of drug-likeness (QED) is 0.914. The largest absolute Gasteiger partial charge is 0.494 e. The molecule has 5 nitrogen and oxygen atoms in total. The molecule has 0 saturated heterocycles. The Balaban J connectivity index is 2.03. The Morgan fingerprint density at radius 1 is 1.19 bits per heavy atom. The molecule has 0 saturated carbocycles. The van der Waals surface area contributed by atoms with Crippen LogP contribution in [-0.4, -0.2) is 20.5 Å². The smallest absolute Gasteiger partial charge is 0.255 e. The van der Waals surface area contributed by atoms with Crippen molar-refractivity contribution in [2.24, 2.45) is 7.05 Å². The summed E-state index contributed by atoms with van der Waals surface area (Å²) in [6.45, 7) is 2.31. The number of benzene rings is 1. The van der Waals surface area contributed by atoms with Gasteiger partial charge in [-0.3, -0.25) is 14.2 Å². The van der Waals surface area contributed by atoms with E-state index < -0.39 is 0 Å². The predicted octanol–water partition coefficient (Wildman–Crippen LogP) is 1.81. The van der Waals surface area contributed by atoms with Crippen molar-refractivity contribution in [2.45, 2.75) is 19.5 Å². The fourth-order valence-corrected chi connectivity index (χ4v) is 2.77. The van der Waals surface area contributed by atoms with Crippen molar-refractivity contribution in [3.05, 3.63) is 63.4 Å². The molecular formula is C16H16N2O3. The molecule has 1 aromatic carbocycles. The van der Waals surface area contributed by atoms with Crippen molar-refractivity contribution in [1.82, 2.24) is 9.47 Å². The molecular weight excluding hydrogens is 268 g/mol. The number of amides is 1. The van der Waals surface area contributed by atoms with Crippen molar-refractivity contribution >= 4 is 5.91 Å². The lowest BCUT2D eigenvalue weighted by Gasteiger charge is -2.22. The van der Waals surface area contributed by atoms with Gasteiger partial charge in [0.15, 0.2) is 5.88 Å². The van der Waals surface area contributed by atoms with Gasteiger partial charge in [-0.2, -0.15) is 0 Å². The molecule has 1 aromatic heterocycles. The maximum atomic E-state index is 12.5. The van der Waals surface area contributed by atoms with E-state index in [0.717, 1.165) is 10.1 Å². The summed E-state index contributed by atoms with van der Waals surface area (Å²) in [4.78, 5) is 25.9. The van der Waals surface area contributed by atoms with E-state index in [9.17, 15) is 14.7 Å². The lowest BCUT2D eigenvalue weighted by atomic mass is 10.1. The van der Waals surface area contributed by atoms with Crippen LogP contribution >= 0.6 is 0 Å². The van der Waals surface area contributed by atoms with Crippen LogP contribution in [-0.2, 0) is 13.6 Å². The van der Waals surface area contributed by atoms with Crippen LogP contribution in [0.1, 0.15) is 34.5 Å². The first kappa shape index (κ1) is 13.4. The zero-order chi connectivity index (χ0) is 15.1. The number of aromatic nitrogens is 1. The van der Waals surface area contributed by atoms with Gasteiger partial charge in [0.25, 0.3) is 11.5 Å². The third-order valence-electron chi connectivity index (χ3n) is 4.02. The number of fused-ring (bicyclic) bond motifs is 1. The Kier molecular flexibility index (Phi) is 3.05. The van der Waals surface area contributed by atoms with Crippen LogP contribution < -0.4 is 5.56 Å². The van der Waals surface area contributed by atoms with Crippen LogP contribution in [0.2, 0.25) is 0 Å². The number of carbonyl (C=O) groups excluding carboxylic acids is 1. The van der Waals surface area contributed by atoms with Crippen LogP contribution in [0.15, 0.2) is 41.2 Å². The molecule has 2 heterocycles. The zero-order valence-electron chi connectivity index (χ0n) is 11.9. The van der Waals surface area contributed by atoms with Gasteiger partial charge < -0.3 is 10.0 Å². The first-order valence-corrected chi connectivity index (χ1v) is 6.78. The maximum absolute atomic E-state index is 12.5. The van der Waals surface area contributed by atoms with Crippen LogP contribution in [0.5, 0.6) is 5.88 Å².